The normalized spacial score (nSPS) is 16.8. The molecule has 3 amide bonds. The first kappa shape index (κ1) is 22.2. The second-order valence-electron chi connectivity index (χ2n) is 8.69. The first-order valence-corrected chi connectivity index (χ1v) is 11.8. The summed E-state index contributed by atoms with van der Waals surface area (Å²) in [6, 6.07) is 15.6. The largest absolute Gasteiger partial charge is 0.492 e. The van der Waals surface area contributed by atoms with Crippen molar-refractivity contribution >= 4 is 17.6 Å². The second kappa shape index (κ2) is 10.5. The molecule has 2 aromatic rings. The molecule has 6 heteroatoms. The zero-order valence-corrected chi connectivity index (χ0v) is 18.9. The van der Waals surface area contributed by atoms with Gasteiger partial charge in [-0.05, 0) is 74.8 Å². The van der Waals surface area contributed by atoms with Crippen LogP contribution in [-0.2, 0) is 6.42 Å². The number of ether oxygens (including phenoxy) is 1. The monoisotopic (exact) mass is 435 g/mol. The van der Waals surface area contributed by atoms with Crippen molar-refractivity contribution in [3.63, 3.8) is 0 Å². The van der Waals surface area contributed by atoms with Crippen molar-refractivity contribution in [3.8, 4) is 5.75 Å². The molecule has 170 valence electrons. The van der Waals surface area contributed by atoms with E-state index < -0.39 is 0 Å². The van der Waals surface area contributed by atoms with Gasteiger partial charge in [0, 0.05) is 31.7 Å². The first-order valence-electron chi connectivity index (χ1n) is 11.8. The minimum absolute atomic E-state index is 0.0691. The summed E-state index contributed by atoms with van der Waals surface area (Å²) in [5, 5.41) is 3.00. The quantitative estimate of drug-likeness (QED) is 0.708. The highest BCUT2D eigenvalue weighted by atomic mass is 16.5. The number of anilines is 1. The summed E-state index contributed by atoms with van der Waals surface area (Å²) >= 11 is 0. The minimum Gasteiger partial charge on any atom is -0.492 e. The van der Waals surface area contributed by atoms with Gasteiger partial charge < -0.3 is 19.9 Å². The molecule has 1 N–H and O–H groups in total. The predicted molar refractivity (Wildman–Crippen MR) is 126 cm³/mol. The number of rotatable bonds is 6. The van der Waals surface area contributed by atoms with Gasteiger partial charge in [-0.3, -0.25) is 4.79 Å². The Morgan fingerprint density at radius 2 is 1.62 bits per heavy atom. The van der Waals surface area contributed by atoms with Gasteiger partial charge in [-0.1, -0.05) is 24.3 Å². The van der Waals surface area contributed by atoms with Crippen LogP contribution >= 0.6 is 0 Å². The van der Waals surface area contributed by atoms with Crippen LogP contribution in [0.2, 0.25) is 0 Å². The molecule has 0 aromatic heterocycles. The van der Waals surface area contributed by atoms with Gasteiger partial charge in [0.05, 0.1) is 12.3 Å². The fourth-order valence-electron chi connectivity index (χ4n) is 4.61. The van der Waals surface area contributed by atoms with Crippen LogP contribution in [0.15, 0.2) is 48.5 Å². The van der Waals surface area contributed by atoms with Crippen molar-refractivity contribution < 1.29 is 14.3 Å². The number of para-hydroxylation sites is 2. The van der Waals surface area contributed by atoms with Crippen LogP contribution < -0.4 is 10.1 Å². The van der Waals surface area contributed by atoms with Crippen molar-refractivity contribution in [2.45, 2.75) is 39.0 Å². The number of carbonyl (C=O) groups excluding carboxylic acids is 2. The van der Waals surface area contributed by atoms with E-state index in [9.17, 15) is 9.59 Å². The number of carbonyl (C=O) groups is 2. The van der Waals surface area contributed by atoms with Gasteiger partial charge in [0.15, 0.2) is 0 Å². The summed E-state index contributed by atoms with van der Waals surface area (Å²) in [6.07, 6.45) is 5.17. The van der Waals surface area contributed by atoms with Crippen molar-refractivity contribution in [1.29, 1.82) is 0 Å². The molecule has 0 aliphatic carbocycles. The lowest BCUT2D eigenvalue weighted by Crippen LogP contribution is -2.41. The average molecular weight is 436 g/mol. The maximum Gasteiger partial charge on any atom is 0.321 e. The molecular formula is C26H33N3O3. The van der Waals surface area contributed by atoms with Gasteiger partial charge in [-0.2, -0.15) is 0 Å². The van der Waals surface area contributed by atoms with E-state index in [0.29, 0.717) is 24.0 Å². The van der Waals surface area contributed by atoms with E-state index in [1.54, 1.807) is 0 Å². The van der Waals surface area contributed by atoms with Crippen LogP contribution in [0.3, 0.4) is 0 Å². The summed E-state index contributed by atoms with van der Waals surface area (Å²) in [7, 11) is 0. The average Bonchev–Trinajstić information content (AvgIpc) is 3.36. The standard InChI is InChI=1S/C26H33N3O3/c1-2-32-24-8-4-3-7-23(24)27-26(31)29-17-13-21(14-18-29)19-20-9-11-22(12-10-20)25(30)28-15-5-6-16-28/h3-4,7-12,21H,2,5-6,13-19H2,1H3,(H,27,31). The maximum absolute atomic E-state index is 12.7. The van der Waals surface area contributed by atoms with Gasteiger partial charge >= 0.3 is 6.03 Å². The number of nitrogens with zero attached hydrogens (tertiary/aromatic N) is 2. The predicted octanol–water partition coefficient (Wildman–Crippen LogP) is 4.81. The Kier molecular flexibility index (Phi) is 7.30. The van der Waals surface area contributed by atoms with Gasteiger partial charge in [0.1, 0.15) is 5.75 Å². The third-order valence-electron chi connectivity index (χ3n) is 6.45. The van der Waals surface area contributed by atoms with Crippen molar-refractivity contribution in [2.24, 2.45) is 5.92 Å². The number of amides is 3. The van der Waals surface area contributed by atoms with Crippen LogP contribution in [0.25, 0.3) is 0 Å². The molecule has 2 aromatic carbocycles. The lowest BCUT2D eigenvalue weighted by Gasteiger charge is -2.32. The molecule has 0 bridgehead atoms. The molecule has 0 unspecified atom stereocenters. The van der Waals surface area contributed by atoms with E-state index in [4.69, 9.17) is 4.74 Å². The number of nitrogens with one attached hydrogen (secondary N) is 1. The lowest BCUT2D eigenvalue weighted by atomic mass is 9.90. The Morgan fingerprint density at radius 1 is 0.938 bits per heavy atom. The highest BCUT2D eigenvalue weighted by molar-refractivity contribution is 5.94. The molecule has 2 aliphatic heterocycles. The number of hydrogen-bond acceptors (Lipinski definition) is 3. The van der Waals surface area contributed by atoms with Crippen LogP contribution in [0, 0.1) is 5.92 Å². The molecule has 6 nitrogen and oxygen atoms in total. The van der Waals surface area contributed by atoms with E-state index in [1.165, 1.54) is 5.56 Å². The molecule has 4 rings (SSSR count). The summed E-state index contributed by atoms with van der Waals surface area (Å²) < 4.78 is 5.60. The van der Waals surface area contributed by atoms with Crippen molar-refractivity contribution in [1.82, 2.24) is 9.80 Å². The fourth-order valence-corrected chi connectivity index (χ4v) is 4.61. The Labute approximate surface area is 190 Å². The number of likely N-dealkylation sites (tertiary alicyclic amines) is 2. The molecule has 2 aliphatic rings. The van der Waals surface area contributed by atoms with Gasteiger partial charge in [-0.15, -0.1) is 0 Å². The highest BCUT2D eigenvalue weighted by Crippen LogP contribution is 2.26. The Balaban J connectivity index is 1.26. The second-order valence-corrected chi connectivity index (χ2v) is 8.69. The van der Waals surface area contributed by atoms with E-state index in [0.717, 1.165) is 63.8 Å². The van der Waals surface area contributed by atoms with E-state index in [1.807, 2.05) is 53.1 Å². The molecule has 2 saturated heterocycles. The van der Waals surface area contributed by atoms with E-state index >= 15 is 0 Å². The molecule has 2 heterocycles. The third kappa shape index (κ3) is 5.42. The van der Waals surface area contributed by atoms with Crippen LogP contribution in [0.4, 0.5) is 10.5 Å². The molecule has 0 saturated carbocycles. The SMILES string of the molecule is CCOc1ccccc1NC(=O)N1CCC(Cc2ccc(C(=O)N3CCCC3)cc2)CC1. The molecule has 2 fully saturated rings. The van der Waals surface area contributed by atoms with Crippen LogP contribution in [-0.4, -0.2) is 54.5 Å². The maximum atomic E-state index is 12.7. The number of benzene rings is 2. The summed E-state index contributed by atoms with van der Waals surface area (Å²) in [4.78, 5) is 29.1. The number of urea groups is 1. The fraction of sp³-hybridized carbons (Fsp3) is 0.462. The Hall–Kier alpha value is -3.02. The number of piperidine rings is 1. The Bertz CT molecular complexity index is 914. The molecule has 32 heavy (non-hydrogen) atoms. The van der Waals surface area contributed by atoms with Crippen LogP contribution in [0.1, 0.15) is 48.5 Å². The van der Waals surface area contributed by atoms with Crippen molar-refractivity contribution in [3.05, 3.63) is 59.7 Å². The summed E-state index contributed by atoms with van der Waals surface area (Å²) in [5.74, 6) is 1.40. The molecular weight excluding hydrogens is 402 g/mol. The lowest BCUT2D eigenvalue weighted by molar-refractivity contribution is 0.0793. The third-order valence-corrected chi connectivity index (χ3v) is 6.45. The van der Waals surface area contributed by atoms with E-state index in [-0.39, 0.29) is 11.9 Å². The number of hydrogen-bond donors (Lipinski definition) is 1. The zero-order chi connectivity index (χ0) is 22.3. The minimum atomic E-state index is -0.0691. The smallest absolute Gasteiger partial charge is 0.321 e. The summed E-state index contributed by atoms with van der Waals surface area (Å²) in [5.41, 5.74) is 2.76. The molecule has 0 radical (unpaired) electrons. The van der Waals surface area contributed by atoms with Gasteiger partial charge in [0.25, 0.3) is 5.91 Å². The highest BCUT2D eigenvalue weighted by Gasteiger charge is 2.24. The van der Waals surface area contributed by atoms with Gasteiger partial charge in [-0.25, -0.2) is 4.79 Å². The topological polar surface area (TPSA) is 61.9 Å². The zero-order valence-electron chi connectivity index (χ0n) is 18.9. The van der Waals surface area contributed by atoms with Crippen molar-refractivity contribution in [2.75, 3.05) is 38.1 Å². The Morgan fingerprint density at radius 3 is 2.31 bits per heavy atom. The van der Waals surface area contributed by atoms with Gasteiger partial charge in [0.2, 0.25) is 0 Å². The first-order chi connectivity index (χ1) is 15.6. The molecule has 0 spiro atoms. The summed E-state index contributed by atoms with van der Waals surface area (Å²) in [6.45, 7) is 5.75. The van der Waals surface area contributed by atoms with E-state index in [2.05, 4.69) is 17.4 Å². The van der Waals surface area contributed by atoms with Crippen LogP contribution in [0.5, 0.6) is 5.75 Å². The molecule has 0 atom stereocenters.